The van der Waals surface area contributed by atoms with Crippen molar-refractivity contribution in [2.75, 3.05) is 28.4 Å². The van der Waals surface area contributed by atoms with Crippen molar-refractivity contribution in [2.45, 2.75) is 51.4 Å². The number of ether oxygens (including phenoxy) is 4. The van der Waals surface area contributed by atoms with Crippen LogP contribution in [0.2, 0.25) is 0 Å². The lowest BCUT2D eigenvalue weighted by Gasteiger charge is -2.16. The normalized spacial score (nSPS) is 10.7. The molecule has 0 aliphatic heterocycles. The molecule has 2 aromatic rings. The minimum absolute atomic E-state index is 0.0784. The molecule has 208 valence electrons. The average molecular weight is 533 g/mol. The van der Waals surface area contributed by atoms with Gasteiger partial charge in [0.2, 0.25) is 0 Å². The number of carbonyl (C=O) groups is 2. The predicted molar refractivity (Wildman–Crippen MR) is 138 cm³/mol. The SMILES string of the molecule is [CH2]CCCCCCCC[C](OOC(=O)c1cccc(OC)c1OC)OOC(=O)c1cccc(OC)c1OC. The van der Waals surface area contributed by atoms with Crippen LogP contribution in [0.5, 0.6) is 23.0 Å². The Labute approximate surface area is 223 Å². The van der Waals surface area contributed by atoms with E-state index in [2.05, 4.69) is 6.92 Å². The van der Waals surface area contributed by atoms with E-state index < -0.39 is 11.9 Å². The van der Waals surface area contributed by atoms with Crippen molar-refractivity contribution >= 4 is 11.9 Å². The molecule has 38 heavy (non-hydrogen) atoms. The molecule has 2 rings (SSSR count). The largest absolute Gasteiger partial charge is 0.493 e. The molecule has 0 aliphatic rings. The van der Waals surface area contributed by atoms with E-state index in [0.717, 1.165) is 38.5 Å². The van der Waals surface area contributed by atoms with E-state index in [-0.39, 0.29) is 35.3 Å². The third-order valence-corrected chi connectivity index (χ3v) is 5.55. The third kappa shape index (κ3) is 9.11. The number of hydrogen-bond acceptors (Lipinski definition) is 10. The molecule has 0 unspecified atom stereocenters. The molecule has 0 amide bonds. The first-order valence-corrected chi connectivity index (χ1v) is 12.3. The average Bonchev–Trinajstić information content (AvgIpc) is 2.95. The van der Waals surface area contributed by atoms with Gasteiger partial charge in [-0.3, -0.25) is 9.78 Å². The molecule has 10 nitrogen and oxygen atoms in total. The van der Waals surface area contributed by atoms with Gasteiger partial charge in [0.25, 0.3) is 0 Å². The molecule has 0 saturated heterocycles. The first-order chi connectivity index (χ1) is 18.5. The molecule has 0 saturated carbocycles. The Balaban J connectivity index is 2.04. The Morgan fingerprint density at radius 1 is 0.605 bits per heavy atom. The van der Waals surface area contributed by atoms with Crippen molar-refractivity contribution in [2.24, 2.45) is 0 Å². The summed E-state index contributed by atoms with van der Waals surface area (Å²) in [5, 5.41) is 0. The van der Waals surface area contributed by atoms with Gasteiger partial charge in [0.05, 0.1) is 28.4 Å². The molecular weight excluding hydrogens is 496 g/mol. The topological polar surface area (TPSA) is 108 Å². The summed E-state index contributed by atoms with van der Waals surface area (Å²) in [7, 11) is 5.71. The van der Waals surface area contributed by atoms with E-state index >= 15 is 0 Å². The van der Waals surface area contributed by atoms with Crippen LogP contribution in [0.4, 0.5) is 0 Å². The second-order valence-corrected chi connectivity index (χ2v) is 8.09. The van der Waals surface area contributed by atoms with Crippen molar-refractivity contribution < 1.29 is 48.1 Å². The molecule has 0 bridgehead atoms. The number of methoxy groups -OCH3 is 4. The van der Waals surface area contributed by atoms with Gasteiger partial charge in [0.1, 0.15) is 11.1 Å². The number of para-hydroxylation sites is 2. The van der Waals surface area contributed by atoms with Crippen LogP contribution in [-0.2, 0) is 19.6 Å². The fourth-order valence-electron chi connectivity index (χ4n) is 3.60. The number of hydrogen-bond donors (Lipinski definition) is 0. The van der Waals surface area contributed by atoms with Crippen LogP contribution in [0.1, 0.15) is 72.1 Å². The van der Waals surface area contributed by atoms with Crippen LogP contribution in [-0.4, -0.2) is 40.4 Å². The first kappa shape index (κ1) is 30.7. The molecule has 0 aromatic heterocycles. The number of carbonyl (C=O) groups excluding carboxylic acids is 2. The first-order valence-electron chi connectivity index (χ1n) is 12.3. The number of unbranched alkanes of at least 4 members (excludes halogenated alkanes) is 6. The van der Waals surface area contributed by atoms with Gasteiger partial charge in [-0.25, -0.2) is 9.59 Å². The highest BCUT2D eigenvalue weighted by molar-refractivity contribution is 5.93. The van der Waals surface area contributed by atoms with Gasteiger partial charge in [0, 0.05) is 6.42 Å². The molecule has 0 atom stereocenters. The zero-order valence-electron chi connectivity index (χ0n) is 22.4. The van der Waals surface area contributed by atoms with Gasteiger partial charge < -0.3 is 18.9 Å². The summed E-state index contributed by atoms with van der Waals surface area (Å²) < 4.78 is 21.0. The second-order valence-electron chi connectivity index (χ2n) is 8.09. The van der Waals surface area contributed by atoms with Crippen LogP contribution in [0, 0.1) is 13.2 Å². The summed E-state index contributed by atoms with van der Waals surface area (Å²) in [6.07, 6.45) is 6.78. The van der Waals surface area contributed by atoms with E-state index in [4.69, 9.17) is 38.5 Å². The molecule has 0 fully saturated rings. The molecule has 0 heterocycles. The zero-order chi connectivity index (χ0) is 27.8. The van der Waals surface area contributed by atoms with Gasteiger partial charge >= 0.3 is 18.2 Å². The third-order valence-electron chi connectivity index (χ3n) is 5.55. The molecule has 10 heteroatoms. The zero-order valence-corrected chi connectivity index (χ0v) is 22.4. The number of rotatable bonds is 18. The van der Waals surface area contributed by atoms with Crippen LogP contribution in [0.25, 0.3) is 0 Å². The smallest absolute Gasteiger partial charge is 0.377 e. The Hall–Kier alpha value is -3.50. The quantitative estimate of drug-likeness (QED) is 0.128. The van der Waals surface area contributed by atoms with Gasteiger partial charge in [-0.1, -0.05) is 57.6 Å². The highest BCUT2D eigenvalue weighted by Gasteiger charge is 2.25. The molecule has 0 spiro atoms. The molecule has 2 radical (unpaired) electrons. The van der Waals surface area contributed by atoms with Crippen molar-refractivity contribution in [3.63, 3.8) is 0 Å². The summed E-state index contributed by atoms with van der Waals surface area (Å²) in [5.74, 6) is -0.633. The van der Waals surface area contributed by atoms with Crippen molar-refractivity contribution in [3.05, 3.63) is 60.7 Å². The summed E-state index contributed by atoms with van der Waals surface area (Å²) in [6, 6.07) is 9.48. The fourth-order valence-corrected chi connectivity index (χ4v) is 3.60. The van der Waals surface area contributed by atoms with Crippen molar-refractivity contribution in [3.8, 4) is 23.0 Å². The van der Waals surface area contributed by atoms with E-state index in [1.54, 1.807) is 24.3 Å². The van der Waals surface area contributed by atoms with Crippen LogP contribution in [0.15, 0.2) is 36.4 Å². The fraction of sp³-hybridized carbons (Fsp3) is 0.429. The van der Waals surface area contributed by atoms with Crippen molar-refractivity contribution in [1.82, 2.24) is 0 Å². The predicted octanol–water partition coefficient (Wildman–Crippen LogP) is 6.04. The van der Waals surface area contributed by atoms with E-state index in [0.29, 0.717) is 17.9 Å². The monoisotopic (exact) mass is 532 g/mol. The van der Waals surface area contributed by atoms with Crippen molar-refractivity contribution in [1.29, 1.82) is 0 Å². The molecular formula is C28H36O10. The minimum Gasteiger partial charge on any atom is -0.493 e. The van der Waals surface area contributed by atoms with Gasteiger partial charge in [-0.2, -0.15) is 0 Å². The maximum Gasteiger partial charge on any atom is 0.377 e. The Bertz CT molecular complexity index is 936. The summed E-state index contributed by atoms with van der Waals surface area (Å²) in [4.78, 5) is 45.7. The summed E-state index contributed by atoms with van der Waals surface area (Å²) >= 11 is 0. The minimum atomic E-state index is -0.851. The van der Waals surface area contributed by atoms with Gasteiger partial charge in [-0.05, 0) is 30.7 Å². The number of benzene rings is 2. The van der Waals surface area contributed by atoms with Gasteiger partial charge in [-0.15, -0.1) is 9.78 Å². The standard InChI is InChI=1S/C28H36O10/c1-6-7-8-9-10-11-12-19-24(35-37-27(29)20-15-13-17-22(31-2)25(20)33-4)36-38-28(30)21-16-14-18-23(32-3)26(21)34-5/h13-18H,1,6-12,19H2,2-5H3. The Kier molecular flexibility index (Phi) is 13.8. The summed E-state index contributed by atoms with van der Waals surface area (Å²) in [6.45, 7) is 3.85. The van der Waals surface area contributed by atoms with E-state index in [1.807, 2.05) is 0 Å². The molecule has 2 aromatic carbocycles. The van der Waals surface area contributed by atoms with E-state index in [1.165, 1.54) is 40.6 Å². The van der Waals surface area contributed by atoms with E-state index in [9.17, 15) is 9.59 Å². The van der Waals surface area contributed by atoms with Crippen LogP contribution in [0.3, 0.4) is 0 Å². The lowest BCUT2D eigenvalue weighted by molar-refractivity contribution is -0.364. The summed E-state index contributed by atoms with van der Waals surface area (Å²) in [5.41, 5.74) is 0.157. The Morgan fingerprint density at radius 2 is 1.05 bits per heavy atom. The maximum absolute atomic E-state index is 12.7. The highest BCUT2D eigenvalue weighted by atomic mass is 17.3. The van der Waals surface area contributed by atoms with Crippen LogP contribution < -0.4 is 18.9 Å². The highest BCUT2D eigenvalue weighted by Crippen LogP contribution is 2.33. The lowest BCUT2D eigenvalue weighted by Crippen LogP contribution is -2.17. The second kappa shape index (κ2) is 17.1. The maximum atomic E-state index is 12.7. The van der Waals surface area contributed by atoms with Crippen LogP contribution >= 0.6 is 0 Å². The molecule has 0 aliphatic carbocycles. The lowest BCUT2D eigenvalue weighted by atomic mass is 10.1. The van der Waals surface area contributed by atoms with Gasteiger partial charge in [0.15, 0.2) is 23.0 Å². The molecule has 0 N–H and O–H groups in total. The Morgan fingerprint density at radius 3 is 1.47 bits per heavy atom.